The van der Waals surface area contributed by atoms with Crippen LogP contribution >= 0.6 is 15.9 Å². The highest BCUT2D eigenvalue weighted by molar-refractivity contribution is 9.10. The lowest BCUT2D eigenvalue weighted by atomic mass is 10.2. The lowest BCUT2D eigenvalue weighted by molar-refractivity contribution is 1.10. The van der Waals surface area contributed by atoms with Crippen LogP contribution in [-0.2, 0) is 0 Å². The molecule has 0 saturated heterocycles. The molecule has 0 amide bonds. The molecule has 3 nitrogen and oxygen atoms in total. The lowest BCUT2D eigenvalue weighted by Crippen LogP contribution is -2.12. The highest BCUT2D eigenvalue weighted by Crippen LogP contribution is 2.31. The molecule has 4 heteroatoms. The predicted octanol–water partition coefficient (Wildman–Crippen LogP) is 4.40. The fourth-order valence-electron chi connectivity index (χ4n) is 2.33. The Kier molecular flexibility index (Phi) is 3.03. The van der Waals surface area contributed by atoms with Crippen LogP contribution in [0.3, 0.4) is 0 Å². The van der Waals surface area contributed by atoms with E-state index in [1.807, 2.05) is 25.5 Å². The number of nitrogens with zero attached hydrogens (tertiary/aromatic N) is 2. The van der Waals surface area contributed by atoms with Gasteiger partial charge in [0, 0.05) is 34.8 Å². The molecule has 2 aromatic heterocycles. The highest BCUT2D eigenvalue weighted by atomic mass is 79.9. The number of benzene rings is 1. The molecule has 96 valence electrons. The van der Waals surface area contributed by atoms with Crippen molar-refractivity contribution in [2.75, 3.05) is 11.9 Å². The van der Waals surface area contributed by atoms with Crippen LogP contribution in [0.5, 0.6) is 0 Å². The van der Waals surface area contributed by atoms with Gasteiger partial charge < -0.3 is 9.88 Å². The fourth-order valence-corrected chi connectivity index (χ4v) is 2.78. The minimum absolute atomic E-state index is 0.966. The van der Waals surface area contributed by atoms with Crippen LogP contribution in [0.2, 0.25) is 0 Å². The van der Waals surface area contributed by atoms with Gasteiger partial charge in [-0.2, -0.15) is 0 Å². The van der Waals surface area contributed by atoms with Gasteiger partial charge >= 0.3 is 0 Å². The van der Waals surface area contributed by atoms with E-state index in [1.165, 1.54) is 5.39 Å². The average Bonchev–Trinajstić information content (AvgIpc) is 2.82. The Balaban J connectivity index is 2.10. The number of para-hydroxylation sites is 1. The first-order valence-corrected chi connectivity index (χ1v) is 6.88. The molecular formula is C15H14BrN3. The molecule has 3 aromatic rings. The summed E-state index contributed by atoms with van der Waals surface area (Å²) in [4.78, 5) is 9.91. The van der Waals surface area contributed by atoms with E-state index in [0.29, 0.717) is 0 Å². The Morgan fingerprint density at radius 1 is 1.26 bits per heavy atom. The van der Waals surface area contributed by atoms with E-state index in [4.69, 9.17) is 0 Å². The van der Waals surface area contributed by atoms with E-state index in [0.717, 1.165) is 27.1 Å². The quantitative estimate of drug-likeness (QED) is 0.760. The molecule has 0 saturated carbocycles. The minimum Gasteiger partial charge on any atom is -0.359 e. The molecule has 0 aliphatic carbocycles. The van der Waals surface area contributed by atoms with Crippen LogP contribution in [0.15, 0.2) is 47.2 Å². The van der Waals surface area contributed by atoms with Crippen LogP contribution in [-0.4, -0.2) is 17.0 Å². The minimum atomic E-state index is 0.966. The van der Waals surface area contributed by atoms with E-state index in [-0.39, 0.29) is 0 Å². The van der Waals surface area contributed by atoms with Crippen molar-refractivity contribution in [3.8, 4) is 0 Å². The molecule has 0 spiro atoms. The van der Waals surface area contributed by atoms with Gasteiger partial charge in [-0.25, -0.2) is 4.98 Å². The van der Waals surface area contributed by atoms with Crippen molar-refractivity contribution in [1.29, 1.82) is 0 Å². The highest BCUT2D eigenvalue weighted by Gasteiger charge is 2.12. The zero-order valence-electron chi connectivity index (χ0n) is 10.8. The number of hydrogen-bond donors (Lipinski definition) is 1. The summed E-state index contributed by atoms with van der Waals surface area (Å²) in [6.45, 7) is 2.07. The van der Waals surface area contributed by atoms with Gasteiger partial charge in [-0.1, -0.05) is 18.2 Å². The van der Waals surface area contributed by atoms with Gasteiger partial charge in [0.15, 0.2) is 0 Å². The molecule has 0 aliphatic rings. The van der Waals surface area contributed by atoms with Gasteiger partial charge in [0.1, 0.15) is 5.82 Å². The van der Waals surface area contributed by atoms with Crippen LogP contribution < -0.4 is 4.90 Å². The second kappa shape index (κ2) is 4.70. The van der Waals surface area contributed by atoms with Crippen molar-refractivity contribution in [3.63, 3.8) is 0 Å². The monoisotopic (exact) mass is 315 g/mol. The number of H-pyrrole nitrogens is 1. The molecule has 0 atom stereocenters. The number of hydrogen-bond acceptors (Lipinski definition) is 2. The molecule has 0 unspecified atom stereocenters. The number of aromatic nitrogens is 2. The Labute approximate surface area is 120 Å². The maximum Gasteiger partial charge on any atom is 0.135 e. The number of aryl methyl sites for hydroxylation is 1. The number of anilines is 2. The van der Waals surface area contributed by atoms with Crippen LogP contribution in [0.4, 0.5) is 11.5 Å². The normalized spacial score (nSPS) is 10.9. The predicted molar refractivity (Wildman–Crippen MR) is 83.0 cm³/mol. The first kappa shape index (κ1) is 12.2. The van der Waals surface area contributed by atoms with Crippen molar-refractivity contribution in [3.05, 3.63) is 52.8 Å². The van der Waals surface area contributed by atoms with E-state index in [1.54, 1.807) is 0 Å². The first-order chi connectivity index (χ1) is 9.16. The molecule has 1 aromatic carbocycles. The number of rotatable bonds is 2. The number of aromatic amines is 1. The van der Waals surface area contributed by atoms with Crippen molar-refractivity contribution in [2.45, 2.75) is 6.92 Å². The molecule has 0 bridgehead atoms. The molecular weight excluding hydrogens is 302 g/mol. The van der Waals surface area contributed by atoms with Crippen molar-refractivity contribution < 1.29 is 0 Å². The summed E-state index contributed by atoms with van der Waals surface area (Å²) in [6.07, 6.45) is 3.85. The second-order valence-corrected chi connectivity index (χ2v) is 5.49. The molecule has 1 N–H and O–H groups in total. The van der Waals surface area contributed by atoms with E-state index in [2.05, 4.69) is 62.0 Å². The van der Waals surface area contributed by atoms with Gasteiger partial charge in [0.05, 0.1) is 5.69 Å². The SMILES string of the molecule is Cc1cc(Br)cnc1N(C)c1c[nH]c2ccccc12. The maximum absolute atomic E-state index is 4.51. The van der Waals surface area contributed by atoms with Crippen molar-refractivity contribution in [2.24, 2.45) is 0 Å². The Hall–Kier alpha value is -1.81. The van der Waals surface area contributed by atoms with Crippen molar-refractivity contribution in [1.82, 2.24) is 9.97 Å². The Morgan fingerprint density at radius 3 is 2.84 bits per heavy atom. The summed E-state index contributed by atoms with van der Waals surface area (Å²) in [5, 5.41) is 1.20. The molecule has 2 heterocycles. The standard InChI is InChI=1S/C15H14BrN3/c1-10-7-11(16)8-18-15(10)19(2)14-9-17-13-6-4-3-5-12(13)14/h3-9,17H,1-2H3. The summed E-state index contributed by atoms with van der Waals surface area (Å²) < 4.78 is 1.00. The first-order valence-electron chi connectivity index (χ1n) is 6.09. The van der Waals surface area contributed by atoms with Crippen molar-refractivity contribution >= 4 is 38.3 Å². The number of halogens is 1. The van der Waals surface area contributed by atoms with E-state index >= 15 is 0 Å². The summed E-state index contributed by atoms with van der Waals surface area (Å²) in [6, 6.07) is 10.4. The van der Waals surface area contributed by atoms with Gasteiger partial charge in [0.2, 0.25) is 0 Å². The third-order valence-corrected chi connectivity index (χ3v) is 3.70. The molecule has 0 fully saturated rings. The zero-order valence-corrected chi connectivity index (χ0v) is 12.4. The van der Waals surface area contributed by atoms with Crippen LogP contribution in [0.25, 0.3) is 10.9 Å². The second-order valence-electron chi connectivity index (χ2n) is 4.57. The summed E-state index contributed by atoms with van der Waals surface area (Å²) in [7, 11) is 2.04. The van der Waals surface area contributed by atoms with Crippen LogP contribution in [0.1, 0.15) is 5.56 Å². The zero-order chi connectivity index (χ0) is 13.4. The number of fused-ring (bicyclic) bond motifs is 1. The molecule has 0 aliphatic heterocycles. The lowest BCUT2D eigenvalue weighted by Gasteiger charge is -2.19. The average molecular weight is 316 g/mol. The Morgan fingerprint density at radius 2 is 2.05 bits per heavy atom. The van der Waals surface area contributed by atoms with Gasteiger partial charge in [0.25, 0.3) is 0 Å². The van der Waals surface area contributed by atoms with Gasteiger partial charge in [-0.05, 0) is 40.5 Å². The van der Waals surface area contributed by atoms with Gasteiger partial charge in [-0.15, -0.1) is 0 Å². The van der Waals surface area contributed by atoms with E-state index < -0.39 is 0 Å². The van der Waals surface area contributed by atoms with E-state index in [9.17, 15) is 0 Å². The number of nitrogens with one attached hydrogen (secondary N) is 1. The summed E-state index contributed by atoms with van der Waals surface area (Å²) in [5.41, 5.74) is 3.41. The molecule has 3 rings (SSSR count). The number of pyridine rings is 1. The van der Waals surface area contributed by atoms with Crippen LogP contribution in [0, 0.1) is 6.92 Å². The topological polar surface area (TPSA) is 31.9 Å². The fraction of sp³-hybridized carbons (Fsp3) is 0.133. The van der Waals surface area contributed by atoms with Gasteiger partial charge in [-0.3, -0.25) is 0 Å². The Bertz CT molecular complexity index is 733. The molecule has 19 heavy (non-hydrogen) atoms. The summed E-state index contributed by atoms with van der Waals surface area (Å²) >= 11 is 3.45. The summed E-state index contributed by atoms with van der Waals surface area (Å²) in [5.74, 6) is 0.966. The third-order valence-electron chi connectivity index (χ3n) is 3.26. The smallest absolute Gasteiger partial charge is 0.135 e. The maximum atomic E-state index is 4.51. The third kappa shape index (κ3) is 2.12. The largest absolute Gasteiger partial charge is 0.359 e. The molecule has 0 radical (unpaired) electrons.